The molecule has 3 aliphatic heterocycles. The standard InChI is InChI=1S/C30H38BrFN2O4Si/c1-20-28(39(2,3)32)26(14-16-35)38-30(20)24-18-22(31)12-13-25(24)34(29(30)37)19-21-9-8-10-23(17-21)33-15-7-5-4-6-11-27(33)36/h8-10,12-13,17-18,20,26,28,35H,4-7,11,14-16,19H2,1-3H3/t20-,26+,28-,30+/m0/s1. The number of halogens is 2. The van der Waals surface area contributed by atoms with E-state index in [9.17, 15) is 14.7 Å². The van der Waals surface area contributed by atoms with Crippen LogP contribution in [-0.4, -0.2) is 44.6 Å². The first-order valence-corrected chi connectivity index (χ1v) is 17.8. The maximum atomic E-state index is 15.7. The molecule has 5 rings (SSSR count). The van der Waals surface area contributed by atoms with Gasteiger partial charge in [0.15, 0.2) is 5.60 Å². The van der Waals surface area contributed by atoms with E-state index in [-0.39, 0.29) is 18.4 Å². The van der Waals surface area contributed by atoms with E-state index in [0.717, 1.165) is 52.7 Å². The Hall–Kier alpha value is -2.07. The molecule has 0 aromatic heterocycles. The predicted octanol–water partition coefficient (Wildman–Crippen LogP) is 6.45. The molecule has 2 aromatic carbocycles. The van der Waals surface area contributed by atoms with Crippen LogP contribution in [0.2, 0.25) is 18.6 Å². The number of amides is 2. The zero-order valence-electron chi connectivity index (χ0n) is 23.0. The van der Waals surface area contributed by atoms with Crippen molar-refractivity contribution in [3.63, 3.8) is 0 Å². The van der Waals surface area contributed by atoms with E-state index >= 15 is 4.11 Å². The molecule has 0 unspecified atom stereocenters. The van der Waals surface area contributed by atoms with E-state index in [1.807, 2.05) is 54.3 Å². The number of hydrogen-bond acceptors (Lipinski definition) is 4. The van der Waals surface area contributed by atoms with Gasteiger partial charge in [-0.1, -0.05) is 47.8 Å². The van der Waals surface area contributed by atoms with E-state index in [1.54, 1.807) is 18.0 Å². The molecule has 3 aliphatic rings. The Labute approximate surface area is 239 Å². The molecular weight excluding hydrogens is 579 g/mol. The molecule has 1 spiro atoms. The summed E-state index contributed by atoms with van der Waals surface area (Å²) in [4.78, 5) is 30.9. The summed E-state index contributed by atoms with van der Waals surface area (Å²) in [6, 6.07) is 13.6. The second-order valence-electron chi connectivity index (χ2n) is 11.7. The van der Waals surface area contributed by atoms with Gasteiger partial charge >= 0.3 is 0 Å². The van der Waals surface area contributed by atoms with Crippen molar-refractivity contribution in [3.8, 4) is 0 Å². The number of carbonyl (C=O) groups is 2. The van der Waals surface area contributed by atoms with Crippen LogP contribution in [0.5, 0.6) is 0 Å². The largest absolute Gasteiger partial charge is 0.396 e. The number of aliphatic hydroxyl groups excluding tert-OH is 1. The van der Waals surface area contributed by atoms with Crippen molar-refractivity contribution in [2.24, 2.45) is 5.92 Å². The SMILES string of the molecule is C[C@H]1[C@H]([Si](C)(C)F)[C@@H](CCO)O[C@]12C(=O)N(Cc1cccc(N3CCCCCCC3=O)c1)c1ccc(Br)cc12. The zero-order chi connectivity index (χ0) is 27.9. The summed E-state index contributed by atoms with van der Waals surface area (Å²) in [5.74, 6) is -0.443. The number of benzene rings is 2. The average molecular weight is 618 g/mol. The normalized spacial score (nSPS) is 27.7. The quantitative estimate of drug-likeness (QED) is 0.299. The van der Waals surface area contributed by atoms with Crippen molar-refractivity contribution < 1.29 is 23.5 Å². The fourth-order valence-electron chi connectivity index (χ4n) is 7.01. The maximum absolute atomic E-state index is 15.7. The Kier molecular flexibility index (Phi) is 8.08. The van der Waals surface area contributed by atoms with Gasteiger partial charge in [-0.2, -0.15) is 0 Å². The molecule has 2 fully saturated rings. The molecule has 39 heavy (non-hydrogen) atoms. The van der Waals surface area contributed by atoms with E-state index in [4.69, 9.17) is 4.74 Å². The molecule has 2 amide bonds. The summed E-state index contributed by atoms with van der Waals surface area (Å²) in [5, 5.41) is 9.75. The molecule has 9 heteroatoms. The van der Waals surface area contributed by atoms with Crippen LogP contribution >= 0.6 is 15.9 Å². The van der Waals surface area contributed by atoms with Gasteiger partial charge in [-0.15, -0.1) is 0 Å². The van der Waals surface area contributed by atoms with Crippen molar-refractivity contribution in [1.29, 1.82) is 0 Å². The third kappa shape index (κ3) is 5.11. The lowest BCUT2D eigenvalue weighted by molar-refractivity contribution is -0.146. The highest BCUT2D eigenvalue weighted by Gasteiger charge is 2.66. The highest BCUT2D eigenvalue weighted by atomic mass is 79.9. The summed E-state index contributed by atoms with van der Waals surface area (Å²) < 4.78 is 23.1. The minimum absolute atomic E-state index is 0.125. The molecule has 2 saturated heterocycles. The Morgan fingerprint density at radius 2 is 1.90 bits per heavy atom. The molecule has 2 aromatic rings. The molecule has 1 N–H and O–H groups in total. The fourth-order valence-corrected chi connectivity index (χ4v) is 9.91. The summed E-state index contributed by atoms with van der Waals surface area (Å²) in [6.45, 7) is 6.14. The first-order chi connectivity index (χ1) is 18.6. The second-order valence-corrected chi connectivity index (χ2v) is 16.4. The number of aliphatic hydroxyl groups is 1. The van der Waals surface area contributed by atoms with Gasteiger partial charge in [0, 0.05) is 46.8 Å². The number of nitrogens with zero attached hydrogens (tertiary/aromatic N) is 2. The Morgan fingerprint density at radius 1 is 1.13 bits per heavy atom. The fraction of sp³-hybridized carbons (Fsp3) is 0.533. The number of ether oxygens (including phenoxy) is 1. The summed E-state index contributed by atoms with van der Waals surface area (Å²) in [6.07, 6.45) is 4.42. The summed E-state index contributed by atoms with van der Waals surface area (Å²) in [7, 11) is -3.24. The van der Waals surface area contributed by atoms with Crippen LogP contribution in [0, 0.1) is 5.92 Å². The van der Waals surface area contributed by atoms with Gasteiger partial charge in [-0.3, -0.25) is 9.59 Å². The van der Waals surface area contributed by atoms with Gasteiger partial charge in [0.05, 0.1) is 18.3 Å². The lowest BCUT2D eigenvalue weighted by Gasteiger charge is -2.31. The van der Waals surface area contributed by atoms with Crippen molar-refractivity contribution in [1.82, 2.24) is 0 Å². The Bertz CT molecular complexity index is 1250. The minimum Gasteiger partial charge on any atom is -0.396 e. The van der Waals surface area contributed by atoms with Crippen molar-refractivity contribution in [2.75, 3.05) is 23.0 Å². The highest BCUT2D eigenvalue weighted by molar-refractivity contribution is 9.10. The number of carbonyl (C=O) groups excluding carboxylic acids is 2. The summed E-state index contributed by atoms with van der Waals surface area (Å²) in [5.41, 5.74) is 1.53. The molecule has 0 saturated carbocycles. The van der Waals surface area contributed by atoms with E-state index in [2.05, 4.69) is 15.9 Å². The average Bonchev–Trinajstić information content (AvgIpc) is 3.29. The van der Waals surface area contributed by atoms with Crippen LogP contribution < -0.4 is 9.80 Å². The zero-order valence-corrected chi connectivity index (χ0v) is 25.5. The van der Waals surface area contributed by atoms with Crippen LogP contribution in [-0.2, 0) is 26.5 Å². The van der Waals surface area contributed by atoms with Crippen LogP contribution in [0.3, 0.4) is 0 Å². The van der Waals surface area contributed by atoms with Crippen molar-refractivity contribution >= 4 is 47.5 Å². The van der Waals surface area contributed by atoms with Crippen molar-refractivity contribution in [3.05, 3.63) is 58.1 Å². The van der Waals surface area contributed by atoms with Gasteiger partial charge in [0.25, 0.3) is 5.91 Å². The third-order valence-corrected chi connectivity index (χ3v) is 11.7. The first-order valence-electron chi connectivity index (χ1n) is 14.1. The molecule has 3 heterocycles. The lowest BCUT2D eigenvalue weighted by atomic mass is 9.82. The molecule has 4 atom stereocenters. The second kappa shape index (κ2) is 11.1. The van der Waals surface area contributed by atoms with Gasteiger partial charge in [-0.25, -0.2) is 0 Å². The Balaban J connectivity index is 1.51. The molecule has 0 aliphatic carbocycles. The van der Waals surface area contributed by atoms with Gasteiger partial charge in [0.2, 0.25) is 14.3 Å². The minimum atomic E-state index is -3.24. The van der Waals surface area contributed by atoms with Gasteiger partial charge in [0.1, 0.15) is 0 Å². The number of hydrogen-bond donors (Lipinski definition) is 1. The summed E-state index contributed by atoms with van der Waals surface area (Å²) >= 11 is 3.57. The van der Waals surface area contributed by atoms with Crippen LogP contribution in [0.4, 0.5) is 15.5 Å². The van der Waals surface area contributed by atoms with E-state index in [0.29, 0.717) is 25.9 Å². The Morgan fingerprint density at radius 3 is 2.64 bits per heavy atom. The predicted molar refractivity (Wildman–Crippen MR) is 157 cm³/mol. The monoisotopic (exact) mass is 616 g/mol. The van der Waals surface area contributed by atoms with Crippen LogP contribution in [0.15, 0.2) is 46.9 Å². The number of rotatable bonds is 6. The number of anilines is 2. The topological polar surface area (TPSA) is 70.1 Å². The van der Waals surface area contributed by atoms with E-state index in [1.165, 1.54) is 0 Å². The molecule has 210 valence electrons. The van der Waals surface area contributed by atoms with E-state index < -0.39 is 31.6 Å². The maximum Gasteiger partial charge on any atom is 0.264 e. The smallest absolute Gasteiger partial charge is 0.264 e. The van der Waals surface area contributed by atoms with Crippen LogP contribution in [0.1, 0.15) is 56.6 Å². The lowest BCUT2D eigenvalue weighted by Crippen LogP contribution is -2.45. The number of fused-ring (bicyclic) bond motifs is 2. The highest BCUT2D eigenvalue weighted by Crippen LogP contribution is 2.60. The first kappa shape index (κ1) is 28.5. The van der Waals surface area contributed by atoms with Crippen molar-refractivity contribution in [2.45, 2.75) is 82.3 Å². The van der Waals surface area contributed by atoms with Crippen LogP contribution in [0.25, 0.3) is 0 Å². The molecular formula is C30H38BrFN2O4Si. The molecule has 0 bridgehead atoms. The third-order valence-electron chi connectivity index (χ3n) is 8.72. The molecule has 6 nitrogen and oxygen atoms in total. The van der Waals surface area contributed by atoms with Gasteiger partial charge < -0.3 is 23.8 Å². The van der Waals surface area contributed by atoms with Gasteiger partial charge in [-0.05, 0) is 68.3 Å². The molecule has 0 radical (unpaired) electrons.